The number of halogens is 1. The fraction of sp³-hybridized carbons (Fsp3) is 0.227. The van der Waals surface area contributed by atoms with Crippen molar-refractivity contribution in [1.29, 1.82) is 0 Å². The molecule has 1 amide bonds. The fourth-order valence-corrected chi connectivity index (χ4v) is 3.41. The van der Waals surface area contributed by atoms with Crippen LogP contribution in [-0.4, -0.2) is 18.2 Å². The molecule has 0 aliphatic rings. The molecule has 0 aliphatic carbocycles. The first-order valence-corrected chi connectivity index (χ1v) is 9.90. The number of rotatable bonds is 8. The van der Waals surface area contributed by atoms with Gasteiger partial charge in [0, 0.05) is 30.0 Å². The SMILES string of the molecule is Cc1ccc(SCCNC(=O)CCc2ccc(-c3ccccc3F)o2)cc1. The normalized spacial score (nSPS) is 10.7. The van der Waals surface area contributed by atoms with E-state index in [4.69, 9.17) is 4.42 Å². The van der Waals surface area contributed by atoms with Gasteiger partial charge in [0.05, 0.1) is 5.56 Å². The van der Waals surface area contributed by atoms with Crippen LogP contribution in [-0.2, 0) is 11.2 Å². The highest BCUT2D eigenvalue weighted by Gasteiger charge is 2.10. The molecule has 0 fully saturated rings. The van der Waals surface area contributed by atoms with Crippen molar-refractivity contribution in [2.45, 2.75) is 24.7 Å². The highest BCUT2D eigenvalue weighted by Crippen LogP contribution is 2.25. The molecule has 0 unspecified atom stereocenters. The molecule has 140 valence electrons. The third-order valence-corrected chi connectivity index (χ3v) is 5.13. The highest BCUT2D eigenvalue weighted by molar-refractivity contribution is 7.99. The average Bonchev–Trinajstić information content (AvgIpc) is 3.14. The number of aryl methyl sites for hydroxylation is 2. The Morgan fingerprint density at radius 3 is 2.63 bits per heavy atom. The molecule has 27 heavy (non-hydrogen) atoms. The number of carbonyl (C=O) groups is 1. The van der Waals surface area contributed by atoms with E-state index in [0.717, 1.165) is 5.75 Å². The monoisotopic (exact) mass is 383 g/mol. The van der Waals surface area contributed by atoms with E-state index < -0.39 is 0 Å². The number of nitrogens with one attached hydrogen (secondary N) is 1. The van der Waals surface area contributed by atoms with Crippen molar-refractivity contribution >= 4 is 17.7 Å². The Morgan fingerprint density at radius 2 is 1.85 bits per heavy atom. The zero-order valence-corrected chi connectivity index (χ0v) is 16.0. The topological polar surface area (TPSA) is 42.2 Å². The van der Waals surface area contributed by atoms with Crippen molar-refractivity contribution in [3.05, 3.63) is 77.8 Å². The lowest BCUT2D eigenvalue weighted by Crippen LogP contribution is -2.25. The Morgan fingerprint density at radius 1 is 1.07 bits per heavy atom. The number of benzene rings is 2. The third kappa shape index (κ3) is 5.73. The van der Waals surface area contributed by atoms with E-state index in [1.54, 1.807) is 42.1 Å². The lowest BCUT2D eigenvalue weighted by molar-refractivity contribution is -0.121. The molecule has 1 heterocycles. The summed E-state index contributed by atoms with van der Waals surface area (Å²) in [5, 5.41) is 2.92. The van der Waals surface area contributed by atoms with E-state index >= 15 is 0 Å². The van der Waals surface area contributed by atoms with Crippen LogP contribution in [0.3, 0.4) is 0 Å². The van der Waals surface area contributed by atoms with Crippen LogP contribution in [0.2, 0.25) is 0 Å². The Kier molecular flexibility index (Phi) is 6.71. The minimum Gasteiger partial charge on any atom is -0.461 e. The largest absolute Gasteiger partial charge is 0.461 e. The summed E-state index contributed by atoms with van der Waals surface area (Å²) in [5.41, 5.74) is 1.67. The van der Waals surface area contributed by atoms with Crippen molar-refractivity contribution in [1.82, 2.24) is 5.32 Å². The molecule has 1 N–H and O–H groups in total. The second-order valence-corrected chi connectivity index (χ2v) is 7.43. The number of hydrogen-bond donors (Lipinski definition) is 1. The molecule has 0 aliphatic heterocycles. The molecule has 5 heteroatoms. The summed E-state index contributed by atoms with van der Waals surface area (Å²) in [7, 11) is 0. The van der Waals surface area contributed by atoms with Crippen LogP contribution in [0.4, 0.5) is 4.39 Å². The van der Waals surface area contributed by atoms with Crippen molar-refractivity contribution < 1.29 is 13.6 Å². The number of furan rings is 1. The van der Waals surface area contributed by atoms with Gasteiger partial charge in [0.15, 0.2) is 0 Å². The maximum atomic E-state index is 13.8. The van der Waals surface area contributed by atoms with Crippen LogP contribution >= 0.6 is 11.8 Å². The molecular weight excluding hydrogens is 361 g/mol. The maximum Gasteiger partial charge on any atom is 0.220 e. The van der Waals surface area contributed by atoms with Crippen LogP contribution in [0.1, 0.15) is 17.7 Å². The predicted octanol–water partition coefficient (Wildman–Crippen LogP) is 5.24. The zero-order chi connectivity index (χ0) is 19.1. The molecule has 0 atom stereocenters. The third-order valence-electron chi connectivity index (χ3n) is 4.11. The van der Waals surface area contributed by atoms with E-state index in [9.17, 15) is 9.18 Å². The van der Waals surface area contributed by atoms with Gasteiger partial charge in [0.25, 0.3) is 0 Å². The van der Waals surface area contributed by atoms with Gasteiger partial charge in [0.1, 0.15) is 17.3 Å². The molecule has 0 bridgehead atoms. The first-order chi connectivity index (χ1) is 13.1. The molecule has 0 saturated heterocycles. The molecule has 3 nitrogen and oxygen atoms in total. The number of amides is 1. The van der Waals surface area contributed by atoms with Gasteiger partial charge in [-0.05, 0) is 43.3 Å². The number of thioether (sulfide) groups is 1. The van der Waals surface area contributed by atoms with Gasteiger partial charge in [-0.25, -0.2) is 4.39 Å². The van der Waals surface area contributed by atoms with E-state index in [0.29, 0.717) is 36.5 Å². The molecule has 0 spiro atoms. The molecular formula is C22H22FNO2S. The van der Waals surface area contributed by atoms with E-state index in [1.165, 1.54) is 16.5 Å². The zero-order valence-electron chi connectivity index (χ0n) is 15.2. The van der Waals surface area contributed by atoms with Gasteiger partial charge in [0.2, 0.25) is 5.91 Å². The molecule has 3 aromatic rings. The number of hydrogen-bond acceptors (Lipinski definition) is 3. The lowest BCUT2D eigenvalue weighted by atomic mass is 10.1. The summed E-state index contributed by atoms with van der Waals surface area (Å²) < 4.78 is 19.5. The predicted molar refractivity (Wildman–Crippen MR) is 107 cm³/mol. The van der Waals surface area contributed by atoms with E-state index in [-0.39, 0.29) is 11.7 Å². The van der Waals surface area contributed by atoms with Crippen LogP contribution in [0.15, 0.2) is 70.0 Å². The van der Waals surface area contributed by atoms with Crippen LogP contribution < -0.4 is 5.32 Å². The molecule has 2 aromatic carbocycles. The first kappa shape index (κ1) is 19.2. The standard InChI is InChI=1S/C22H22FNO2S/c1-16-6-10-18(11-7-16)27-15-14-24-22(25)13-9-17-8-12-21(26-17)19-4-2-3-5-20(19)23/h2-8,10-12H,9,13-15H2,1H3,(H,24,25). The van der Waals surface area contributed by atoms with Gasteiger partial charge in [-0.2, -0.15) is 0 Å². The number of carbonyl (C=O) groups excluding carboxylic acids is 1. The Bertz CT molecular complexity index is 889. The summed E-state index contributed by atoms with van der Waals surface area (Å²) in [6, 6.07) is 18.4. The van der Waals surface area contributed by atoms with E-state index in [1.807, 2.05) is 0 Å². The van der Waals surface area contributed by atoms with Gasteiger partial charge in [-0.3, -0.25) is 4.79 Å². The summed E-state index contributed by atoms with van der Waals surface area (Å²) in [6.07, 6.45) is 0.838. The van der Waals surface area contributed by atoms with Crippen LogP contribution in [0, 0.1) is 12.7 Å². The quantitative estimate of drug-likeness (QED) is 0.427. The van der Waals surface area contributed by atoms with Crippen molar-refractivity contribution in [2.24, 2.45) is 0 Å². The smallest absolute Gasteiger partial charge is 0.220 e. The van der Waals surface area contributed by atoms with Gasteiger partial charge < -0.3 is 9.73 Å². The van der Waals surface area contributed by atoms with Crippen molar-refractivity contribution in [2.75, 3.05) is 12.3 Å². The Hall–Kier alpha value is -2.53. The minimum absolute atomic E-state index is 0.0108. The second-order valence-electron chi connectivity index (χ2n) is 6.26. The van der Waals surface area contributed by atoms with E-state index in [2.05, 4.69) is 36.5 Å². The Labute approximate surface area is 163 Å². The van der Waals surface area contributed by atoms with Crippen LogP contribution in [0.25, 0.3) is 11.3 Å². The Balaban J connectivity index is 1.39. The second kappa shape index (κ2) is 9.42. The van der Waals surface area contributed by atoms with Crippen molar-refractivity contribution in [3.8, 4) is 11.3 Å². The first-order valence-electron chi connectivity index (χ1n) is 8.91. The fourth-order valence-electron chi connectivity index (χ4n) is 2.64. The highest BCUT2D eigenvalue weighted by atomic mass is 32.2. The summed E-state index contributed by atoms with van der Waals surface area (Å²) in [5.74, 6) is 1.66. The molecule has 3 rings (SSSR count). The molecule has 0 radical (unpaired) electrons. The molecule has 0 saturated carbocycles. The minimum atomic E-state index is -0.317. The molecule has 1 aromatic heterocycles. The summed E-state index contributed by atoms with van der Waals surface area (Å²) in [6.45, 7) is 2.68. The summed E-state index contributed by atoms with van der Waals surface area (Å²) >= 11 is 1.72. The van der Waals surface area contributed by atoms with Crippen LogP contribution in [0.5, 0.6) is 0 Å². The van der Waals surface area contributed by atoms with Gasteiger partial charge >= 0.3 is 0 Å². The lowest BCUT2D eigenvalue weighted by Gasteiger charge is -2.05. The van der Waals surface area contributed by atoms with Gasteiger partial charge in [-0.15, -0.1) is 11.8 Å². The average molecular weight is 383 g/mol. The summed E-state index contributed by atoms with van der Waals surface area (Å²) in [4.78, 5) is 13.2. The maximum absolute atomic E-state index is 13.8. The van der Waals surface area contributed by atoms with Gasteiger partial charge in [-0.1, -0.05) is 29.8 Å². The van der Waals surface area contributed by atoms with Crippen molar-refractivity contribution in [3.63, 3.8) is 0 Å².